The lowest BCUT2D eigenvalue weighted by Gasteiger charge is -2.02. The Kier molecular flexibility index (Phi) is 4.74. The maximum Gasteiger partial charge on any atom is 0.264 e. The van der Waals surface area contributed by atoms with E-state index in [-0.39, 0.29) is 11.1 Å². The molecule has 0 saturated carbocycles. The van der Waals surface area contributed by atoms with E-state index in [1.807, 2.05) is 6.92 Å². The van der Waals surface area contributed by atoms with Gasteiger partial charge in [-0.2, -0.15) is 0 Å². The molecule has 0 unspecified atom stereocenters. The summed E-state index contributed by atoms with van der Waals surface area (Å²) in [5.74, 6) is 0. The van der Waals surface area contributed by atoms with Crippen LogP contribution in [0.2, 0.25) is 0 Å². The third-order valence-corrected chi connectivity index (χ3v) is 1.72. The first kappa shape index (κ1) is 11.6. The number of alkyl halides is 2. The number of rotatable bonds is 5. The molecule has 0 aromatic heterocycles. The number of nitrogens with zero attached hydrogens (tertiary/aromatic N) is 1. The average Bonchev–Trinajstić information content (AvgIpc) is 2.25. The first-order valence-electron chi connectivity index (χ1n) is 4.70. The molecular weight excluding hydrogens is 200 g/mol. The Morgan fingerprint density at radius 1 is 1.40 bits per heavy atom. The topological polar surface area (TPSA) is 21.6 Å². The second kappa shape index (κ2) is 6.11. The van der Waals surface area contributed by atoms with Crippen molar-refractivity contribution in [2.75, 3.05) is 6.61 Å². The Hall–Kier alpha value is -1.45. The van der Waals surface area contributed by atoms with Crippen LogP contribution < -0.4 is 0 Å². The summed E-state index contributed by atoms with van der Waals surface area (Å²) in [6.45, 7) is 2.40. The van der Waals surface area contributed by atoms with Gasteiger partial charge in [0.1, 0.15) is 12.8 Å². The van der Waals surface area contributed by atoms with Crippen LogP contribution in [0.4, 0.5) is 8.78 Å². The molecule has 0 aliphatic carbocycles. The Morgan fingerprint density at radius 3 is 2.80 bits per heavy atom. The lowest BCUT2D eigenvalue weighted by Crippen LogP contribution is -1.94. The van der Waals surface area contributed by atoms with Crippen molar-refractivity contribution in [2.24, 2.45) is 5.16 Å². The van der Waals surface area contributed by atoms with Crippen molar-refractivity contribution in [1.29, 1.82) is 0 Å². The summed E-state index contributed by atoms with van der Waals surface area (Å²) in [6, 6.07) is 6.09. The minimum Gasteiger partial charge on any atom is -0.395 e. The lowest BCUT2D eigenvalue weighted by molar-refractivity contribution is 0.145. The number of benzene rings is 1. The van der Waals surface area contributed by atoms with Gasteiger partial charge in [-0.25, -0.2) is 8.78 Å². The van der Waals surface area contributed by atoms with E-state index in [2.05, 4.69) is 11.4 Å². The first-order chi connectivity index (χ1) is 7.25. The predicted octanol–water partition coefficient (Wildman–Crippen LogP) is 3.26. The summed E-state index contributed by atoms with van der Waals surface area (Å²) in [5.41, 5.74) is 0.185. The Bertz CT molecular complexity index is 326. The highest BCUT2D eigenvalue weighted by Crippen LogP contribution is 2.21. The summed E-state index contributed by atoms with van der Waals surface area (Å²) in [7, 11) is 0. The molecule has 0 aliphatic rings. The van der Waals surface area contributed by atoms with Crippen molar-refractivity contribution in [3.8, 4) is 0 Å². The molecule has 0 bridgehead atoms. The molecule has 15 heavy (non-hydrogen) atoms. The van der Waals surface area contributed by atoms with Gasteiger partial charge < -0.3 is 4.84 Å². The van der Waals surface area contributed by atoms with Crippen molar-refractivity contribution in [3.63, 3.8) is 0 Å². The highest BCUT2D eigenvalue weighted by molar-refractivity contribution is 5.81. The minimum atomic E-state index is -2.52. The fourth-order valence-corrected chi connectivity index (χ4v) is 1.01. The zero-order chi connectivity index (χ0) is 11.1. The molecule has 81 valence electrons. The minimum absolute atomic E-state index is 0.0821. The van der Waals surface area contributed by atoms with Crippen LogP contribution in [0.1, 0.15) is 30.9 Å². The molecule has 1 radical (unpaired) electrons. The van der Waals surface area contributed by atoms with Crippen molar-refractivity contribution in [3.05, 3.63) is 35.4 Å². The molecular formula is C11H12F2NO. The number of hydrogen-bond acceptors (Lipinski definition) is 2. The van der Waals surface area contributed by atoms with Gasteiger partial charge in [0.2, 0.25) is 0 Å². The van der Waals surface area contributed by atoms with Crippen LogP contribution in [0.15, 0.2) is 29.4 Å². The second-order valence-corrected chi connectivity index (χ2v) is 2.92. The van der Waals surface area contributed by atoms with Crippen LogP contribution in [-0.4, -0.2) is 12.8 Å². The lowest BCUT2D eigenvalue weighted by atomic mass is 10.1. The van der Waals surface area contributed by atoms with Crippen molar-refractivity contribution >= 4 is 6.21 Å². The van der Waals surface area contributed by atoms with E-state index >= 15 is 0 Å². The highest BCUT2D eigenvalue weighted by atomic mass is 19.3. The van der Waals surface area contributed by atoms with Crippen LogP contribution in [0.5, 0.6) is 0 Å². The Morgan fingerprint density at radius 2 is 2.13 bits per heavy atom. The van der Waals surface area contributed by atoms with Gasteiger partial charge in [-0.05, 0) is 6.42 Å². The van der Waals surface area contributed by atoms with Gasteiger partial charge in [0.15, 0.2) is 0 Å². The van der Waals surface area contributed by atoms with Gasteiger partial charge >= 0.3 is 0 Å². The van der Waals surface area contributed by atoms with Crippen LogP contribution in [-0.2, 0) is 4.84 Å². The van der Waals surface area contributed by atoms with E-state index < -0.39 is 6.43 Å². The molecule has 4 heteroatoms. The quantitative estimate of drug-likeness (QED) is 0.417. The molecule has 1 aromatic rings. The molecule has 0 heterocycles. The van der Waals surface area contributed by atoms with Gasteiger partial charge in [-0.3, -0.25) is 0 Å². The van der Waals surface area contributed by atoms with E-state index in [0.29, 0.717) is 6.61 Å². The van der Waals surface area contributed by atoms with Gasteiger partial charge in [-0.15, -0.1) is 0 Å². The Balaban J connectivity index is 2.71. The predicted molar refractivity (Wildman–Crippen MR) is 54.2 cm³/mol. The Labute approximate surface area is 87.6 Å². The smallest absolute Gasteiger partial charge is 0.264 e. The average molecular weight is 212 g/mol. The zero-order valence-corrected chi connectivity index (χ0v) is 8.41. The van der Waals surface area contributed by atoms with Crippen molar-refractivity contribution < 1.29 is 13.6 Å². The SMILES string of the molecule is CCCO/N=[C]\c1ccccc1C(F)F. The number of halogens is 2. The molecule has 1 aromatic carbocycles. The molecule has 0 aliphatic heterocycles. The van der Waals surface area contributed by atoms with Gasteiger partial charge in [0.05, 0.1) is 0 Å². The second-order valence-electron chi connectivity index (χ2n) is 2.92. The summed E-state index contributed by atoms with van der Waals surface area (Å²) in [4.78, 5) is 4.79. The van der Waals surface area contributed by atoms with E-state index in [1.54, 1.807) is 12.1 Å². The van der Waals surface area contributed by atoms with Gasteiger partial charge in [0, 0.05) is 11.1 Å². The van der Waals surface area contributed by atoms with Crippen molar-refractivity contribution in [1.82, 2.24) is 0 Å². The fraction of sp³-hybridized carbons (Fsp3) is 0.364. The first-order valence-corrected chi connectivity index (χ1v) is 4.70. The molecule has 2 nitrogen and oxygen atoms in total. The molecule has 0 fully saturated rings. The molecule has 0 N–H and O–H groups in total. The van der Waals surface area contributed by atoms with Crippen LogP contribution in [0, 0.1) is 0 Å². The largest absolute Gasteiger partial charge is 0.395 e. The van der Waals surface area contributed by atoms with Crippen LogP contribution in [0.25, 0.3) is 0 Å². The molecule has 0 saturated heterocycles. The van der Waals surface area contributed by atoms with E-state index in [9.17, 15) is 8.78 Å². The summed E-state index contributed by atoms with van der Waals surface area (Å²) < 4.78 is 25.0. The van der Waals surface area contributed by atoms with Gasteiger partial charge in [0.25, 0.3) is 6.43 Å². The summed E-state index contributed by atoms with van der Waals surface area (Å²) >= 11 is 0. The fourth-order valence-electron chi connectivity index (χ4n) is 1.01. The highest BCUT2D eigenvalue weighted by Gasteiger charge is 2.10. The number of hydrogen-bond donors (Lipinski definition) is 0. The van der Waals surface area contributed by atoms with E-state index in [0.717, 1.165) is 6.42 Å². The van der Waals surface area contributed by atoms with Crippen molar-refractivity contribution in [2.45, 2.75) is 19.8 Å². The maximum atomic E-state index is 12.5. The third kappa shape index (κ3) is 3.65. The molecule has 0 atom stereocenters. The van der Waals surface area contributed by atoms with Crippen LogP contribution in [0.3, 0.4) is 0 Å². The van der Waals surface area contributed by atoms with E-state index in [1.165, 1.54) is 12.1 Å². The van der Waals surface area contributed by atoms with Gasteiger partial charge in [-0.1, -0.05) is 36.3 Å². The molecule has 0 amide bonds. The van der Waals surface area contributed by atoms with E-state index in [4.69, 9.17) is 4.84 Å². The standard InChI is InChI=1S/C11H12F2NO/c1-2-7-15-14-8-9-5-3-4-6-10(9)11(12)13/h3-6,11H,2,7H2,1H3. The monoisotopic (exact) mass is 212 g/mol. The summed E-state index contributed by atoms with van der Waals surface area (Å²) in [6.07, 6.45) is 0.755. The third-order valence-electron chi connectivity index (χ3n) is 1.72. The molecule has 0 spiro atoms. The normalized spacial score (nSPS) is 11.2. The summed E-state index contributed by atoms with van der Waals surface area (Å²) in [5, 5.41) is 3.49. The maximum absolute atomic E-state index is 12.5. The molecule has 1 rings (SSSR count). The van der Waals surface area contributed by atoms with Crippen LogP contribution >= 0.6 is 0 Å². The zero-order valence-electron chi connectivity index (χ0n) is 8.41.